The fraction of sp³-hybridized carbons (Fsp3) is 0.647. The van der Waals surface area contributed by atoms with E-state index in [1.165, 1.54) is 30.5 Å². The van der Waals surface area contributed by atoms with Crippen molar-refractivity contribution in [3.63, 3.8) is 0 Å². The second-order valence-electron chi connectivity index (χ2n) is 6.55. The summed E-state index contributed by atoms with van der Waals surface area (Å²) >= 11 is 6.57. The van der Waals surface area contributed by atoms with E-state index in [0.29, 0.717) is 12.0 Å². The van der Waals surface area contributed by atoms with Gasteiger partial charge in [-0.25, -0.2) is 0 Å². The predicted octanol–water partition coefficient (Wildman–Crippen LogP) is 3.28. The van der Waals surface area contributed by atoms with Gasteiger partial charge in [-0.15, -0.1) is 0 Å². The zero-order valence-corrected chi connectivity index (χ0v) is 13.6. The molecule has 3 nitrogen and oxygen atoms in total. The number of benzene rings is 1. The van der Waals surface area contributed by atoms with Crippen molar-refractivity contribution in [1.82, 2.24) is 4.90 Å². The molecule has 2 atom stereocenters. The highest BCUT2D eigenvalue weighted by Crippen LogP contribution is 2.37. The molecular weight excluding hydrogens is 282 g/mol. The Morgan fingerprint density at radius 3 is 2.62 bits per heavy atom. The van der Waals surface area contributed by atoms with Gasteiger partial charge in [0.2, 0.25) is 0 Å². The topological polar surface area (TPSA) is 32.5 Å². The van der Waals surface area contributed by atoms with Crippen molar-refractivity contribution in [2.24, 2.45) is 11.7 Å². The van der Waals surface area contributed by atoms with E-state index in [-0.39, 0.29) is 0 Å². The standard InChI is InChI=1S/C17H26ClN3/c1-20-12-13(11-19)9-17(20)14-5-6-16(15(18)10-14)21-7-3-2-4-8-21/h5-6,10,13,17H,2-4,7-9,11-12,19H2,1H3. The molecule has 0 saturated carbocycles. The van der Waals surface area contributed by atoms with E-state index in [2.05, 4.69) is 35.0 Å². The van der Waals surface area contributed by atoms with Crippen LogP contribution in [0.25, 0.3) is 0 Å². The molecule has 2 fully saturated rings. The van der Waals surface area contributed by atoms with Crippen molar-refractivity contribution in [2.75, 3.05) is 38.1 Å². The van der Waals surface area contributed by atoms with Gasteiger partial charge in [0.15, 0.2) is 0 Å². The molecule has 0 radical (unpaired) electrons. The average Bonchev–Trinajstić information content (AvgIpc) is 2.89. The van der Waals surface area contributed by atoms with Gasteiger partial charge in [-0.2, -0.15) is 0 Å². The Bertz CT molecular complexity index is 485. The van der Waals surface area contributed by atoms with Gasteiger partial charge in [0, 0.05) is 25.7 Å². The lowest BCUT2D eigenvalue weighted by Gasteiger charge is -2.30. The lowest BCUT2D eigenvalue weighted by atomic mass is 9.99. The third-order valence-electron chi connectivity index (χ3n) is 5.02. The number of anilines is 1. The fourth-order valence-corrected chi connectivity index (χ4v) is 4.10. The molecule has 1 aromatic rings. The van der Waals surface area contributed by atoms with E-state index in [1.54, 1.807) is 0 Å². The predicted molar refractivity (Wildman–Crippen MR) is 90.0 cm³/mol. The number of halogens is 1. The van der Waals surface area contributed by atoms with Crippen LogP contribution in [0.2, 0.25) is 5.02 Å². The molecule has 0 aromatic heterocycles. The third kappa shape index (κ3) is 3.20. The first-order valence-corrected chi connectivity index (χ1v) is 8.51. The highest BCUT2D eigenvalue weighted by molar-refractivity contribution is 6.33. The van der Waals surface area contributed by atoms with Gasteiger partial charge in [-0.05, 0) is 62.9 Å². The van der Waals surface area contributed by atoms with Gasteiger partial charge in [-0.1, -0.05) is 17.7 Å². The van der Waals surface area contributed by atoms with E-state index >= 15 is 0 Å². The van der Waals surface area contributed by atoms with Gasteiger partial charge in [0.25, 0.3) is 0 Å². The summed E-state index contributed by atoms with van der Waals surface area (Å²) in [6.45, 7) is 4.14. The van der Waals surface area contributed by atoms with Crippen LogP contribution in [0.3, 0.4) is 0 Å². The summed E-state index contributed by atoms with van der Waals surface area (Å²) in [5, 5.41) is 0.902. The number of likely N-dealkylation sites (tertiary alicyclic amines) is 1. The Hall–Kier alpha value is -0.770. The first-order chi connectivity index (χ1) is 10.2. The number of hydrogen-bond donors (Lipinski definition) is 1. The summed E-state index contributed by atoms with van der Waals surface area (Å²) in [5.41, 5.74) is 8.37. The van der Waals surface area contributed by atoms with Crippen LogP contribution in [0.15, 0.2) is 18.2 Å². The SMILES string of the molecule is CN1CC(CN)CC1c1ccc(N2CCCCC2)c(Cl)c1. The highest BCUT2D eigenvalue weighted by Gasteiger charge is 2.30. The van der Waals surface area contributed by atoms with Gasteiger partial charge in [0.1, 0.15) is 0 Å². The second-order valence-corrected chi connectivity index (χ2v) is 6.96. The van der Waals surface area contributed by atoms with Gasteiger partial charge < -0.3 is 10.6 Å². The molecule has 2 heterocycles. The third-order valence-corrected chi connectivity index (χ3v) is 5.32. The van der Waals surface area contributed by atoms with Crippen molar-refractivity contribution < 1.29 is 0 Å². The summed E-state index contributed by atoms with van der Waals surface area (Å²) in [7, 11) is 2.19. The Morgan fingerprint density at radius 2 is 2.00 bits per heavy atom. The highest BCUT2D eigenvalue weighted by atomic mass is 35.5. The van der Waals surface area contributed by atoms with Gasteiger partial charge in [-0.3, -0.25) is 4.90 Å². The Balaban J connectivity index is 1.77. The number of nitrogens with two attached hydrogens (primary N) is 1. The normalized spacial score (nSPS) is 27.3. The minimum absolute atomic E-state index is 0.464. The van der Waals surface area contributed by atoms with Crippen LogP contribution >= 0.6 is 11.6 Å². The zero-order valence-electron chi connectivity index (χ0n) is 12.9. The molecule has 2 N–H and O–H groups in total. The maximum Gasteiger partial charge on any atom is 0.0642 e. The van der Waals surface area contributed by atoms with Crippen LogP contribution in [-0.2, 0) is 0 Å². The van der Waals surface area contributed by atoms with Crippen molar-refractivity contribution in [1.29, 1.82) is 0 Å². The van der Waals surface area contributed by atoms with Crippen LogP contribution in [0.4, 0.5) is 5.69 Å². The van der Waals surface area contributed by atoms with Crippen molar-refractivity contribution in [3.05, 3.63) is 28.8 Å². The molecule has 116 valence electrons. The maximum atomic E-state index is 6.57. The van der Waals surface area contributed by atoms with Crippen LogP contribution in [0.1, 0.15) is 37.3 Å². The molecule has 0 aliphatic carbocycles. The van der Waals surface area contributed by atoms with Crippen LogP contribution in [0, 0.1) is 5.92 Å². The lowest BCUT2D eigenvalue weighted by Crippen LogP contribution is -2.29. The van der Waals surface area contributed by atoms with Crippen molar-refractivity contribution in [3.8, 4) is 0 Å². The molecule has 0 amide bonds. The minimum atomic E-state index is 0.464. The second kappa shape index (κ2) is 6.55. The maximum absolute atomic E-state index is 6.57. The van der Waals surface area contributed by atoms with E-state index in [4.69, 9.17) is 17.3 Å². The molecule has 2 aliphatic rings. The average molecular weight is 308 g/mol. The first-order valence-electron chi connectivity index (χ1n) is 8.13. The quantitative estimate of drug-likeness (QED) is 0.930. The van der Waals surface area contributed by atoms with Crippen LogP contribution in [0.5, 0.6) is 0 Å². The zero-order chi connectivity index (χ0) is 14.8. The van der Waals surface area contributed by atoms with Crippen molar-refractivity contribution >= 4 is 17.3 Å². The Kier molecular flexibility index (Phi) is 4.72. The monoisotopic (exact) mass is 307 g/mol. The molecule has 4 heteroatoms. The summed E-state index contributed by atoms with van der Waals surface area (Å²) in [6.07, 6.45) is 5.05. The summed E-state index contributed by atoms with van der Waals surface area (Å²) in [6, 6.07) is 7.11. The molecule has 0 bridgehead atoms. The first kappa shape index (κ1) is 15.1. The molecule has 2 unspecified atom stereocenters. The van der Waals surface area contributed by atoms with Gasteiger partial charge >= 0.3 is 0 Å². The number of rotatable bonds is 3. The summed E-state index contributed by atoms with van der Waals surface area (Å²) < 4.78 is 0. The summed E-state index contributed by atoms with van der Waals surface area (Å²) in [4.78, 5) is 4.83. The molecular formula is C17H26ClN3. The number of hydrogen-bond acceptors (Lipinski definition) is 3. The Labute approximate surface area is 133 Å². The van der Waals surface area contributed by atoms with E-state index in [9.17, 15) is 0 Å². The molecule has 0 spiro atoms. The molecule has 2 saturated heterocycles. The number of nitrogens with zero attached hydrogens (tertiary/aromatic N) is 2. The molecule has 2 aliphatic heterocycles. The largest absolute Gasteiger partial charge is 0.370 e. The van der Waals surface area contributed by atoms with Crippen molar-refractivity contribution in [2.45, 2.75) is 31.7 Å². The minimum Gasteiger partial charge on any atom is -0.370 e. The smallest absolute Gasteiger partial charge is 0.0642 e. The van der Waals surface area contributed by atoms with E-state index in [1.807, 2.05) is 0 Å². The van der Waals surface area contributed by atoms with Crippen LogP contribution in [-0.4, -0.2) is 38.1 Å². The van der Waals surface area contributed by atoms with Crippen LogP contribution < -0.4 is 10.6 Å². The summed E-state index contributed by atoms with van der Waals surface area (Å²) in [5.74, 6) is 0.612. The fourth-order valence-electron chi connectivity index (χ4n) is 3.79. The van der Waals surface area contributed by atoms with Gasteiger partial charge in [0.05, 0.1) is 10.7 Å². The molecule has 1 aromatic carbocycles. The van der Waals surface area contributed by atoms with E-state index in [0.717, 1.165) is 37.6 Å². The lowest BCUT2D eigenvalue weighted by molar-refractivity contribution is 0.313. The molecule has 21 heavy (non-hydrogen) atoms. The molecule has 3 rings (SSSR count). The van der Waals surface area contributed by atoms with E-state index < -0.39 is 0 Å². The number of piperidine rings is 1. The Morgan fingerprint density at radius 1 is 1.24 bits per heavy atom.